The fourth-order valence-corrected chi connectivity index (χ4v) is 3.94. The first-order chi connectivity index (χ1) is 8.33. The Labute approximate surface area is 103 Å². The van der Waals surface area contributed by atoms with Crippen LogP contribution in [0.15, 0.2) is 5.10 Å². The summed E-state index contributed by atoms with van der Waals surface area (Å²) in [4.78, 5) is 12.2. The van der Waals surface area contributed by atoms with E-state index in [1.165, 1.54) is 57.1 Å². The zero-order chi connectivity index (χ0) is 11.7. The van der Waals surface area contributed by atoms with Gasteiger partial charge in [-0.2, -0.15) is 5.10 Å². The molecule has 0 aromatic heterocycles. The van der Waals surface area contributed by atoms with Crippen LogP contribution >= 0.6 is 0 Å². The highest BCUT2D eigenvalue weighted by Gasteiger charge is 2.49. The monoisotopic (exact) mass is 234 g/mol. The lowest BCUT2D eigenvalue weighted by Crippen LogP contribution is -2.43. The predicted octanol–water partition coefficient (Wildman–Crippen LogP) is 3.00. The molecule has 0 unspecified atom stereocenters. The van der Waals surface area contributed by atoms with Gasteiger partial charge in [0, 0.05) is 5.92 Å². The molecule has 0 saturated heterocycles. The van der Waals surface area contributed by atoms with Crippen molar-refractivity contribution in [3.63, 3.8) is 0 Å². The SMILES string of the molecule is O=C1NN=C(C2CCCCC2)C12CCCCC2. The molecule has 1 spiro atoms. The van der Waals surface area contributed by atoms with Gasteiger partial charge in [-0.15, -0.1) is 0 Å². The van der Waals surface area contributed by atoms with Crippen LogP contribution in [0.3, 0.4) is 0 Å². The molecule has 2 aliphatic carbocycles. The summed E-state index contributed by atoms with van der Waals surface area (Å²) in [6.07, 6.45) is 12.2. The molecular formula is C14H22N2O. The Morgan fingerprint density at radius 2 is 1.65 bits per heavy atom. The van der Waals surface area contributed by atoms with E-state index in [1.54, 1.807) is 0 Å². The van der Waals surface area contributed by atoms with Gasteiger partial charge in [-0.1, -0.05) is 38.5 Å². The fourth-order valence-electron chi connectivity index (χ4n) is 3.94. The number of nitrogens with zero attached hydrogens (tertiary/aromatic N) is 1. The van der Waals surface area contributed by atoms with E-state index in [0.717, 1.165) is 12.8 Å². The maximum Gasteiger partial charge on any atom is 0.252 e. The molecule has 0 atom stereocenters. The van der Waals surface area contributed by atoms with E-state index in [0.29, 0.717) is 5.92 Å². The molecular weight excluding hydrogens is 212 g/mol. The third kappa shape index (κ3) is 1.80. The summed E-state index contributed by atoms with van der Waals surface area (Å²) in [6.45, 7) is 0. The molecule has 0 bridgehead atoms. The standard InChI is InChI=1S/C14H22N2O/c17-13-14(9-5-2-6-10-14)12(15-16-13)11-7-3-1-4-8-11/h11H,1-10H2,(H,16,17). The number of rotatable bonds is 1. The van der Waals surface area contributed by atoms with Crippen molar-refractivity contribution in [1.82, 2.24) is 5.43 Å². The van der Waals surface area contributed by atoms with Crippen LogP contribution < -0.4 is 5.43 Å². The lowest BCUT2D eigenvalue weighted by atomic mass is 9.65. The van der Waals surface area contributed by atoms with Gasteiger partial charge in [0.05, 0.1) is 11.1 Å². The molecule has 0 aromatic rings. The van der Waals surface area contributed by atoms with Gasteiger partial charge in [0.1, 0.15) is 0 Å². The second kappa shape index (κ2) is 4.43. The molecule has 3 heteroatoms. The number of hydrogen-bond acceptors (Lipinski definition) is 2. The zero-order valence-corrected chi connectivity index (χ0v) is 10.5. The second-order valence-electron chi connectivity index (χ2n) is 5.92. The number of amides is 1. The average molecular weight is 234 g/mol. The lowest BCUT2D eigenvalue weighted by molar-refractivity contribution is -0.127. The maximum absolute atomic E-state index is 12.2. The van der Waals surface area contributed by atoms with Gasteiger partial charge < -0.3 is 0 Å². The van der Waals surface area contributed by atoms with E-state index in [9.17, 15) is 4.79 Å². The van der Waals surface area contributed by atoms with Gasteiger partial charge in [-0.3, -0.25) is 4.79 Å². The van der Waals surface area contributed by atoms with E-state index in [2.05, 4.69) is 10.5 Å². The van der Waals surface area contributed by atoms with Crippen molar-refractivity contribution in [2.24, 2.45) is 16.4 Å². The summed E-state index contributed by atoms with van der Waals surface area (Å²) in [5, 5.41) is 4.43. The second-order valence-corrected chi connectivity index (χ2v) is 5.92. The quantitative estimate of drug-likeness (QED) is 0.744. The Bertz CT molecular complexity index is 336. The van der Waals surface area contributed by atoms with E-state index >= 15 is 0 Å². The summed E-state index contributed by atoms with van der Waals surface area (Å²) in [6, 6.07) is 0. The molecule has 0 aromatic carbocycles. The van der Waals surface area contributed by atoms with Gasteiger partial charge in [-0.05, 0) is 25.7 Å². The summed E-state index contributed by atoms with van der Waals surface area (Å²) in [5.74, 6) is 0.776. The van der Waals surface area contributed by atoms with Crippen LogP contribution in [-0.4, -0.2) is 11.6 Å². The molecule has 17 heavy (non-hydrogen) atoms. The Kier molecular flexibility index (Phi) is 2.93. The smallest absolute Gasteiger partial charge is 0.252 e. The Morgan fingerprint density at radius 1 is 1.00 bits per heavy atom. The summed E-state index contributed by atoms with van der Waals surface area (Å²) in [7, 11) is 0. The van der Waals surface area contributed by atoms with Crippen LogP contribution in [-0.2, 0) is 4.79 Å². The van der Waals surface area contributed by atoms with Crippen molar-refractivity contribution < 1.29 is 4.79 Å². The van der Waals surface area contributed by atoms with E-state index in [4.69, 9.17) is 0 Å². The lowest BCUT2D eigenvalue weighted by Gasteiger charge is -2.36. The first-order valence-electron chi connectivity index (χ1n) is 7.21. The van der Waals surface area contributed by atoms with Crippen LogP contribution in [0.2, 0.25) is 0 Å². The third-order valence-electron chi connectivity index (χ3n) is 4.90. The Balaban J connectivity index is 1.84. The minimum atomic E-state index is -0.194. The largest absolute Gasteiger partial charge is 0.272 e. The summed E-state index contributed by atoms with van der Waals surface area (Å²) in [5.41, 5.74) is 3.81. The zero-order valence-electron chi connectivity index (χ0n) is 10.5. The number of hydrogen-bond donors (Lipinski definition) is 1. The average Bonchev–Trinajstić information content (AvgIpc) is 2.69. The molecule has 1 amide bonds. The van der Waals surface area contributed by atoms with Crippen LogP contribution in [0.5, 0.6) is 0 Å². The topological polar surface area (TPSA) is 41.5 Å². The van der Waals surface area contributed by atoms with Crippen molar-refractivity contribution in [3.05, 3.63) is 0 Å². The highest BCUT2D eigenvalue weighted by Crippen LogP contribution is 2.44. The predicted molar refractivity (Wildman–Crippen MR) is 67.7 cm³/mol. The number of carbonyl (C=O) groups is 1. The summed E-state index contributed by atoms with van der Waals surface area (Å²) < 4.78 is 0. The van der Waals surface area contributed by atoms with Crippen molar-refractivity contribution in [3.8, 4) is 0 Å². The minimum absolute atomic E-state index is 0.192. The number of nitrogens with one attached hydrogen (secondary N) is 1. The van der Waals surface area contributed by atoms with E-state index in [-0.39, 0.29) is 11.3 Å². The molecule has 1 N–H and O–H groups in total. The number of carbonyl (C=O) groups excluding carboxylic acids is 1. The van der Waals surface area contributed by atoms with E-state index in [1.807, 2.05) is 0 Å². The molecule has 3 nitrogen and oxygen atoms in total. The molecule has 1 heterocycles. The normalized spacial score (nSPS) is 29.2. The Hall–Kier alpha value is -0.860. The van der Waals surface area contributed by atoms with Crippen LogP contribution in [0, 0.1) is 11.3 Å². The molecule has 2 saturated carbocycles. The van der Waals surface area contributed by atoms with Gasteiger partial charge >= 0.3 is 0 Å². The van der Waals surface area contributed by atoms with Crippen molar-refractivity contribution in [1.29, 1.82) is 0 Å². The van der Waals surface area contributed by atoms with Gasteiger partial charge in [0.25, 0.3) is 5.91 Å². The van der Waals surface area contributed by atoms with Crippen molar-refractivity contribution in [2.75, 3.05) is 0 Å². The first-order valence-corrected chi connectivity index (χ1v) is 7.21. The summed E-state index contributed by atoms with van der Waals surface area (Å²) >= 11 is 0. The van der Waals surface area contributed by atoms with E-state index < -0.39 is 0 Å². The maximum atomic E-state index is 12.2. The highest BCUT2D eigenvalue weighted by molar-refractivity contribution is 6.13. The van der Waals surface area contributed by atoms with Gasteiger partial charge in [0.2, 0.25) is 0 Å². The fraction of sp³-hybridized carbons (Fsp3) is 0.857. The molecule has 1 aliphatic heterocycles. The van der Waals surface area contributed by atoms with Crippen LogP contribution in [0.1, 0.15) is 64.2 Å². The molecule has 94 valence electrons. The minimum Gasteiger partial charge on any atom is -0.272 e. The van der Waals surface area contributed by atoms with Crippen LogP contribution in [0.25, 0.3) is 0 Å². The Morgan fingerprint density at radius 3 is 2.35 bits per heavy atom. The third-order valence-corrected chi connectivity index (χ3v) is 4.90. The highest BCUT2D eigenvalue weighted by atomic mass is 16.2. The van der Waals surface area contributed by atoms with Crippen LogP contribution in [0.4, 0.5) is 0 Å². The van der Waals surface area contributed by atoms with Gasteiger partial charge in [-0.25, -0.2) is 5.43 Å². The number of hydrazone groups is 1. The first kappa shape index (κ1) is 11.2. The van der Waals surface area contributed by atoms with Crippen molar-refractivity contribution >= 4 is 11.6 Å². The molecule has 3 rings (SSSR count). The molecule has 3 aliphatic rings. The van der Waals surface area contributed by atoms with Crippen molar-refractivity contribution in [2.45, 2.75) is 64.2 Å². The molecule has 0 radical (unpaired) electrons. The molecule has 2 fully saturated rings. The van der Waals surface area contributed by atoms with Gasteiger partial charge in [0.15, 0.2) is 0 Å².